The van der Waals surface area contributed by atoms with E-state index < -0.39 is 5.54 Å². The molecule has 0 aromatic heterocycles. The zero-order valence-electron chi connectivity index (χ0n) is 9.96. The summed E-state index contributed by atoms with van der Waals surface area (Å²) in [5, 5.41) is 14.8. The predicted molar refractivity (Wildman–Crippen MR) is 69.4 cm³/mol. The zero-order valence-corrected chi connectivity index (χ0v) is 10.7. The Morgan fingerprint density at radius 2 is 2.06 bits per heavy atom. The third kappa shape index (κ3) is 4.63. The van der Waals surface area contributed by atoms with Crippen LogP contribution < -0.4 is 10.6 Å². The maximum absolute atomic E-state index is 11.7. The van der Waals surface area contributed by atoms with Crippen LogP contribution in [0, 0.1) is 0 Å². The van der Waals surface area contributed by atoms with E-state index in [0.717, 1.165) is 0 Å². The number of aliphatic hydroxyl groups is 1. The Balaban J connectivity index is 2.59. The van der Waals surface area contributed by atoms with Gasteiger partial charge in [0.1, 0.15) is 0 Å². The average molecular weight is 257 g/mol. The topological polar surface area (TPSA) is 61.4 Å². The Morgan fingerprint density at radius 1 is 1.41 bits per heavy atom. The van der Waals surface area contributed by atoms with Crippen molar-refractivity contribution in [2.75, 3.05) is 11.9 Å². The second-order valence-corrected chi connectivity index (χ2v) is 4.82. The van der Waals surface area contributed by atoms with Gasteiger partial charge in [0.15, 0.2) is 0 Å². The molecule has 0 aliphatic heterocycles. The molecule has 0 fully saturated rings. The van der Waals surface area contributed by atoms with Crippen molar-refractivity contribution in [2.45, 2.75) is 25.8 Å². The Bertz CT molecular complexity index is 394. The first-order valence-corrected chi connectivity index (χ1v) is 5.77. The van der Waals surface area contributed by atoms with Crippen molar-refractivity contribution in [1.82, 2.24) is 5.32 Å². The molecule has 0 saturated carbocycles. The van der Waals surface area contributed by atoms with Crippen LogP contribution in [-0.4, -0.2) is 23.3 Å². The van der Waals surface area contributed by atoms with Gasteiger partial charge in [0, 0.05) is 12.1 Å². The van der Waals surface area contributed by atoms with Crippen molar-refractivity contribution < 1.29 is 9.90 Å². The molecular weight excluding hydrogens is 240 g/mol. The number of rotatable bonds is 4. The van der Waals surface area contributed by atoms with Crippen LogP contribution in [0.5, 0.6) is 0 Å². The molecule has 3 N–H and O–H groups in total. The minimum Gasteiger partial charge on any atom is -0.396 e. The summed E-state index contributed by atoms with van der Waals surface area (Å²) in [4.78, 5) is 11.7. The summed E-state index contributed by atoms with van der Waals surface area (Å²) < 4.78 is 0. The largest absolute Gasteiger partial charge is 0.396 e. The zero-order chi connectivity index (χ0) is 12.9. The van der Waals surface area contributed by atoms with Crippen molar-refractivity contribution in [1.29, 1.82) is 0 Å². The van der Waals surface area contributed by atoms with Gasteiger partial charge in [-0.3, -0.25) is 0 Å². The van der Waals surface area contributed by atoms with E-state index >= 15 is 0 Å². The number of carbonyl (C=O) groups excluding carboxylic acids is 1. The number of halogens is 1. The summed E-state index contributed by atoms with van der Waals surface area (Å²) in [5.74, 6) is 0. The molecule has 17 heavy (non-hydrogen) atoms. The van der Waals surface area contributed by atoms with E-state index in [0.29, 0.717) is 17.1 Å². The first-order valence-electron chi connectivity index (χ1n) is 5.39. The Hall–Kier alpha value is -1.26. The fourth-order valence-electron chi connectivity index (χ4n) is 1.37. The molecule has 2 amide bonds. The highest BCUT2D eigenvalue weighted by molar-refractivity contribution is 6.33. The van der Waals surface area contributed by atoms with Crippen LogP contribution in [0.1, 0.15) is 20.3 Å². The van der Waals surface area contributed by atoms with Crippen molar-refractivity contribution in [2.24, 2.45) is 0 Å². The number of benzene rings is 1. The van der Waals surface area contributed by atoms with Crippen LogP contribution in [0.25, 0.3) is 0 Å². The summed E-state index contributed by atoms with van der Waals surface area (Å²) in [5.41, 5.74) is 0.103. The predicted octanol–water partition coefficient (Wildman–Crippen LogP) is 2.62. The van der Waals surface area contributed by atoms with E-state index in [1.165, 1.54) is 0 Å². The van der Waals surface area contributed by atoms with Gasteiger partial charge < -0.3 is 15.7 Å². The van der Waals surface area contributed by atoms with Crippen molar-refractivity contribution in [3.05, 3.63) is 29.3 Å². The molecule has 0 bridgehead atoms. The second-order valence-electron chi connectivity index (χ2n) is 4.42. The standard InChI is InChI=1S/C12H17ClN2O2/c1-12(2,7-8-16)15-11(17)14-10-6-4-3-5-9(10)13/h3-6,16H,7-8H2,1-2H3,(H2,14,15,17). The number of nitrogens with one attached hydrogen (secondary N) is 2. The molecule has 1 aromatic carbocycles. The average Bonchev–Trinajstić information content (AvgIpc) is 2.20. The van der Waals surface area contributed by atoms with Gasteiger partial charge in [0.05, 0.1) is 10.7 Å². The quantitative estimate of drug-likeness (QED) is 0.776. The molecule has 0 heterocycles. The van der Waals surface area contributed by atoms with E-state index in [2.05, 4.69) is 10.6 Å². The number of hydrogen-bond donors (Lipinski definition) is 3. The number of carbonyl (C=O) groups is 1. The third-order valence-electron chi connectivity index (χ3n) is 2.31. The molecule has 0 aliphatic carbocycles. The van der Waals surface area contributed by atoms with E-state index in [9.17, 15) is 4.79 Å². The molecule has 4 nitrogen and oxygen atoms in total. The molecule has 0 radical (unpaired) electrons. The van der Waals surface area contributed by atoms with Crippen LogP contribution in [-0.2, 0) is 0 Å². The molecule has 0 spiro atoms. The fraction of sp³-hybridized carbons (Fsp3) is 0.417. The van der Waals surface area contributed by atoms with Gasteiger partial charge in [-0.25, -0.2) is 4.79 Å². The molecule has 1 aromatic rings. The van der Waals surface area contributed by atoms with Crippen LogP contribution in [0.4, 0.5) is 10.5 Å². The van der Waals surface area contributed by atoms with E-state index in [-0.39, 0.29) is 12.6 Å². The van der Waals surface area contributed by atoms with Gasteiger partial charge in [-0.15, -0.1) is 0 Å². The summed E-state index contributed by atoms with van der Waals surface area (Å²) in [6, 6.07) is 6.68. The lowest BCUT2D eigenvalue weighted by Gasteiger charge is -2.25. The number of aliphatic hydroxyl groups excluding tert-OH is 1. The van der Waals surface area contributed by atoms with Crippen molar-refractivity contribution in [3.8, 4) is 0 Å². The Morgan fingerprint density at radius 3 is 2.65 bits per heavy atom. The van der Waals surface area contributed by atoms with Gasteiger partial charge in [-0.2, -0.15) is 0 Å². The van der Waals surface area contributed by atoms with Gasteiger partial charge in [-0.05, 0) is 32.4 Å². The fourth-order valence-corrected chi connectivity index (χ4v) is 1.55. The SMILES string of the molecule is CC(C)(CCO)NC(=O)Nc1ccccc1Cl. The minimum atomic E-state index is -0.458. The molecular formula is C12H17ClN2O2. The Labute approximate surface area is 106 Å². The van der Waals surface area contributed by atoms with Crippen LogP contribution in [0.3, 0.4) is 0 Å². The number of hydrogen-bond acceptors (Lipinski definition) is 2. The van der Waals surface area contributed by atoms with Gasteiger partial charge in [0.25, 0.3) is 0 Å². The molecule has 0 unspecified atom stereocenters. The maximum Gasteiger partial charge on any atom is 0.319 e. The normalized spacial score (nSPS) is 11.1. The first kappa shape index (κ1) is 13.8. The molecule has 0 saturated heterocycles. The van der Waals surface area contributed by atoms with E-state index in [1.54, 1.807) is 24.3 Å². The van der Waals surface area contributed by atoms with Crippen LogP contribution >= 0.6 is 11.6 Å². The van der Waals surface area contributed by atoms with Gasteiger partial charge in [0.2, 0.25) is 0 Å². The summed E-state index contributed by atoms with van der Waals surface area (Å²) in [6.45, 7) is 3.71. The smallest absolute Gasteiger partial charge is 0.319 e. The lowest BCUT2D eigenvalue weighted by atomic mass is 10.0. The maximum atomic E-state index is 11.7. The Kier molecular flexibility index (Phi) is 4.78. The van der Waals surface area contributed by atoms with E-state index in [1.807, 2.05) is 13.8 Å². The van der Waals surface area contributed by atoms with Crippen molar-refractivity contribution in [3.63, 3.8) is 0 Å². The van der Waals surface area contributed by atoms with Gasteiger partial charge >= 0.3 is 6.03 Å². The second kappa shape index (κ2) is 5.89. The summed E-state index contributed by atoms with van der Waals surface area (Å²) in [7, 11) is 0. The first-order chi connectivity index (χ1) is 7.94. The molecule has 5 heteroatoms. The van der Waals surface area contributed by atoms with Gasteiger partial charge in [-0.1, -0.05) is 23.7 Å². The van der Waals surface area contributed by atoms with Crippen molar-refractivity contribution >= 4 is 23.3 Å². The summed E-state index contributed by atoms with van der Waals surface area (Å²) in [6.07, 6.45) is 0.489. The number of urea groups is 1. The molecule has 1 rings (SSSR count). The number of para-hydroxylation sites is 1. The minimum absolute atomic E-state index is 0.0272. The monoisotopic (exact) mass is 256 g/mol. The van der Waals surface area contributed by atoms with E-state index in [4.69, 9.17) is 16.7 Å². The summed E-state index contributed by atoms with van der Waals surface area (Å²) >= 11 is 5.92. The highest BCUT2D eigenvalue weighted by Crippen LogP contribution is 2.20. The molecule has 0 aliphatic rings. The third-order valence-corrected chi connectivity index (χ3v) is 2.64. The molecule has 94 valence electrons. The number of amides is 2. The van der Waals surface area contributed by atoms with Crippen LogP contribution in [0.15, 0.2) is 24.3 Å². The van der Waals surface area contributed by atoms with Crippen LogP contribution in [0.2, 0.25) is 5.02 Å². The highest BCUT2D eigenvalue weighted by Gasteiger charge is 2.19. The lowest BCUT2D eigenvalue weighted by Crippen LogP contribution is -2.46. The number of anilines is 1. The lowest BCUT2D eigenvalue weighted by molar-refractivity contribution is 0.218. The molecule has 0 atom stereocenters. The highest BCUT2D eigenvalue weighted by atomic mass is 35.5.